The summed E-state index contributed by atoms with van der Waals surface area (Å²) in [6.07, 6.45) is 0. The van der Waals surface area contributed by atoms with E-state index in [-0.39, 0.29) is 17.7 Å². The summed E-state index contributed by atoms with van der Waals surface area (Å²) in [6.45, 7) is 6.43. The van der Waals surface area contributed by atoms with Crippen molar-refractivity contribution in [2.45, 2.75) is 40.0 Å². The lowest BCUT2D eigenvalue weighted by Gasteiger charge is -2.22. The molecule has 2 N–H and O–H groups in total. The van der Waals surface area contributed by atoms with Crippen molar-refractivity contribution in [1.29, 1.82) is 0 Å². The van der Waals surface area contributed by atoms with Gasteiger partial charge < -0.3 is 20.1 Å². The molecule has 3 aromatic carbocycles. The van der Waals surface area contributed by atoms with E-state index in [1.54, 1.807) is 13.2 Å². The zero-order chi connectivity index (χ0) is 24.5. The predicted molar refractivity (Wildman–Crippen MR) is 133 cm³/mol. The topological polar surface area (TPSA) is 76.7 Å². The molecule has 0 unspecified atom stereocenters. The average Bonchev–Trinajstić information content (AvgIpc) is 2.85. The molecular formula is C28H32N2O4. The lowest BCUT2D eigenvalue weighted by Crippen LogP contribution is -2.49. The smallest absolute Gasteiger partial charge is 0.252 e. The molecule has 0 aliphatic heterocycles. The minimum Gasteiger partial charge on any atom is -0.493 e. The molecular weight excluding hydrogens is 428 g/mol. The molecule has 0 aromatic heterocycles. The third-order valence-electron chi connectivity index (χ3n) is 5.56. The molecule has 2 amide bonds. The highest BCUT2D eigenvalue weighted by Gasteiger charge is 2.25. The van der Waals surface area contributed by atoms with E-state index in [4.69, 9.17) is 9.47 Å². The Labute approximate surface area is 201 Å². The summed E-state index contributed by atoms with van der Waals surface area (Å²) < 4.78 is 11.4. The van der Waals surface area contributed by atoms with Crippen molar-refractivity contribution in [1.82, 2.24) is 10.6 Å². The van der Waals surface area contributed by atoms with Crippen molar-refractivity contribution < 1.29 is 19.1 Å². The van der Waals surface area contributed by atoms with Gasteiger partial charge in [-0.1, -0.05) is 68.4 Å². The molecule has 0 bridgehead atoms. The van der Waals surface area contributed by atoms with Gasteiger partial charge in [0.05, 0.1) is 7.11 Å². The number of aryl methyl sites for hydroxylation is 1. The number of methoxy groups -OCH3 is 1. The van der Waals surface area contributed by atoms with Crippen LogP contribution in [0.2, 0.25) is 0 Å². The monoisotopic (exact) mass is 460 g/mol. The molecule has 3 rings (SSSR count). The van der Waals surface area contributed by atoms with Gasteiger partial charge in [-0.05, 0) is 47.7 Å². The second-order valence-electron chi connectivity index (χ2n) is 8.49. The van der Waals surface area contributed by atoms with E-state index < -0.39 is 6.04 Å². The fraction of sp³-hybridized carbons (Fsp3) is 0.286. The lowest BCUT2D eigenvalue weighted by molar-refractivity contribution is -0.124. The fourth-order valence-electron chi connectivity index (χ4n) is 3.56. The van der Waals surface area contributed by atoms with E-state index in [9.17, 15) is 9.59 Å². The van der Waals surface area contributed by atoms with E-state index in [1.165, 1.54) is 0 Å². The summed E-state index contributed by atoms with van der Waals surface area (Å²) in [5.41, 5.74) is 3.36. The van der Waals surface area contributed by atoms with Crippen LogP contribution in [-0.2, 0) is 17.9 Å². The van der Waals surface area contributed by atoms with Gasteiger partial charge in [0.15, 0.2) is 11.5 Å². The molecule has 1 atom stereocenters. The molecule has 0 spiro atoms. The first-order valence-electron chi connectivity index (χ1n) is 11.4. The second kappa shape index (κ2) is 11.9. The van der Waals surface area contributed by atoms with Crippen LogP contribution < -0.4 is 20.1 Å². The Morgan fingerprint density at radius 2 is 1.59 bits per heavy atom. The highest BCUT2D eigenvalue weighted by Crippen LogP contribution is 2.29. The quantitative estimate of drug-likeness (QED) is 0.462. The first-order chi connectivity index (χ1) is 16.4. The Balaban J connectivity index is 1.61. The molecule has 34 heavy (non-hydrogen) atoms. The fourth-order valence-corrected chi connectivity index (χ4v) is 3.56. The van der Waals surface area contributed by atoms with Crippen LogP contribution in [0.1, 0.15) is 40.9 Å². The molecule has 0 saturated heterocycles. The van der Waals surface area contributed by atoms with Gasteiger partial charge in [-0.3, -0.25) is 9.59 Å². The van der Waals surface area contributed by atoms with Gasteiger partial charge >= 0.3 is 0 Å². The zero-order valence-electron chi connectivity index (χ0n) is 20.1. The van der Waals surface area contributed by atoms with E-state index in [0.717, 1.165) is 16.7 Å². The third-order valence-corrected chi connectivity index (χ3v) is 5.56. The maximum Gasteiger partial charge on any atom is 0.252 e. The van der Waals surface area contributed by atoms with Gasteiger partial charge in [0.1, 0.15) is 12.6 Å². The predicted octanol–water partition coefficient (Wildman–Crippen LogP) is 4.65. The van der Waals surface area contributed by atoms with Gasteiger partial charge in [0.25, 0.3) is 5.91 Å². The number of carbonyl (C=O) groups is 2. The second-order valence-corrected chi connectivity index (χ2v) is 8.49. The normalized spacial score (nSPS) is 11.6. The number of rotatable bonds is 10. The number of nitrogens with one attached hydrogen (secondary N) is 2. The van der Waals surface area contributed by atoms with Gasteiger partial charge in [-0.25, -0.2) is 0 Å². The number of hydrogen-bond donors (Lipinski definition) is 2. The number of hydrogen-bond acceptors (Lipinski definition) is 4. The van der Waals surface area contributed by atoms with Gasteiger partial charge in [-0.15, -0.1) is 0 Å². The lowest BCUT2D eigenvalue weighted by atomic mass is 10.0. The number of ether oxygens (including phenoxy) is 2. The molecule has 0 aliphatic carbocycles. The standard InChI is InChI=1S/C28H32N2O4/c1-19(2)26(30-27(31)23-13-9-8-10-20(23)3)28(32)29-17-22-14-15-24(25(16-22)33-4)34-18-21-11-6-5-7-12-21/h5-16,19,26H,17-18H2,1-4H3,(H,29,32)(H,30,31)/t26-/m0/s1. The van der Waals surface area contributed by atoms with Crippen LogP contribution >= 0.6 is 0 Å². The van der Waals surface area contributed by atoms with Crippen LogP contribution in [-0.4, -0.2) is 25.0 Å². The summed E-state index contributed by atoms with van der Waals surface area (Å²) in [6, 6.07) is 22.1. The molecule has 6 nitrogen and oxygen atoms in total. The summed E-state index contributed by atoms with van der Waals surface area (Å²) in [4.78, 5) is 25.6. The minimum absolute atomic E-state index is 0.0729. The largest absolute Gasteiger partial charge is 0.493 e. The highest BCUT2D eigenvalue weighted by atomic mass is 16.5. The average molecular weight is 461 g/mol. The van der Waals surface area contributed by atoms with Gasteiger partial charge in [-0.2, -0.15) is 0 Å². The third kappa shape index (κ3) is 6.61. The Morgan fingerprint density at radius 3 is 2.26 bits per heavy atom. The summed E-state index contributed by atoms with van der Waals surface area (Å²) >= 11 is 0. The van der Waals surface area contributed by atoms with E-state index >= 15 is 0 Å². The molecule has 0 fully saturated rings. The first-order valence-corrected chi connectivity index (χ1v) is 11.4. The molecule has 0 aliphatic rings. The SMILES string of the molecule is COc1cc(CNC(=O)[C@@H](NC(=O)c2ccccc2C)C(C)C)ccc1OCc1ccccc1. The summed E-state index contributed by atoms with van der Waals surface area (Å²) in [7, 11) is 1.59. The summed E-state index contributed by atoms with van der Waals surface area (Å²) in [5, 5.41) is 5.81. The minimum atomic E-state index is -0.650. The van der Waals surface area contributed by atoms with Crippen molar-refractivity contribution >= 4 is 11.8 Å². The molecule has 0 heterocycles. The molecule has 0 radical (unpaired) electrons. The van der Waals surface area contributed by atoms with Gasteiger partial charge in [0, 0.05) is 12.1 Å². The van der Waals surface area contributed by atoms with Crippen molar-refractivity contribution in [2.75, 3.05) is 7.11 Å². The number of carbonyl (C=O) groups excluding carboxylic acids is 2. The van der Waals surface area contributed by atoms with E-state index in [1.807, 2.05) is 87.5 Å². The zero-order valence-corrected chi connectivity index (χ0v) is 20.1. The highest BCUT2D eigenvalue weighted by molar-refractivity contribution is 5.98. The van der Waals surface area contributed by atoms with E-state index in [0.29, 0.717) is 30.2 Å². The maximum absolute atomic E-state index is 12.9. The molecule has 178 valence electrons. The van der Waals surface area contributed by atoms with Crippen molar-refractivity contribution in [3.05, 3.63) is 95.1 Å². The van der Waals surface area contributed by atoms with Crippen LogP contribution in [0, 0.1) is 12.8 Å². The number of benzene rings is 3. The Bertz CT molecular complexity index is 1110. The summed E-state index contributed by atoms with van der Waals surface area (Å²) in [5.74, 6) is 0.660. The van der Waals surface area contributed by atoms with Crippen molar-refractivity contribution in [3.63, 3.8) is 0 Å². The van der Waals surface area contributed by atoms with Crippen LogP contribution in [0.4, 0.5) is 0 Å². The number of amides is 2. The maximum atomic E-state index is 12.9. The van der Waals surface area contributed by atoms with Gasteiger partial charge in [0.2, 0.25) is 5.91 Å². The molecule has 0 saturated carbocycles. The molecule has 3 aromatic rings. The van der Waals surface area contributed by atoms with Crippen LogP contribution in [0.3, 0.4) is 0 Å². The van der Waals surface area contributed by atoms with Crippen LogP contribution in [0.5, 0.6) is 11.5 Å². The van der Waals surface area contributed by atoms with Crippen LogP contribution in [0.15, 0.2) is 72.8 Å². The Kier molecular flexibility index (Phi) is 8.68. The Hall–Kier alpha value is -3.80. The van der Waals surface area contributed by atoms with Crippen molar-refractivity contribution in [3.8, 4) is 11.5 Å². The first kappa shape index (κ1) is 24.8. The Morgan fingerprint density at radius 1 is 0.882 bits per heavy atom. The van der Waals surface area contributed by atoms with Crippen molar-refractivity contribution in [2.24, 2.45) is 5.92 Å². The van der Waals surface area contributed by atoms with Crippen LogP contribution in [0.25, 0.3) is 0 Å². The van der Waals surface area contributed by atoms with E-state index in [2.05, 4.69) is 10.6 Å². The molecule has 6 heteroatoms.